The van der Waals surface area contributed by atoms with Crippen LogP contribution in [0.15, 0.2) is 9.98 Å². The van der Waals surface area contributed by atoms with Crippen molar-refractivity contribution in [2.75, 3.05) is 13.6 Å². The van der Waals surface area contributed by atoms with Gasteiger partial charge < -0.3 is 9.80 Å². The number of amidine groups is 2. The molecule has 5 nitrogen and oxygen atoms in total. The van der Waals surface area contributed by atoms with Gasteiger partial charge in [-0.2, -0.15) is 0 Å². The molecule has 1 saturated heterocycles. The Kier molecular flexibility index (Phi) is 3.72. The van der Waals surface area contributed by atoms with Crippen molar-refractivity contribution in [1.82, 2.24) is 9.80 Å². The Morgan fingerprint density at radius 3 is 2.67 bits per heavy atom. The highest BCUT2D eigenvalue weighted by molar-refractivity contribution is 6.66. The second-order valence-electron chi connectivity index (χ2n) is 6.46. The van der Waals surface area contributed by atoms with Gasteiger partial charge in [0.15, 0.2) is 0 Å². The van der Waals surface area contributed by atoms with Crippen molar-refractivity contribution < 1.29 is 4.79 Å². The summed E-state index contributed by atoms with van der Waals surface area (Å²) in [6.45, 7) is 4.61. The first kappa shape index (κ1) is 14.8. The maximum atomic E-state index is 12.8. The lowest BCUT2D eigenvalue weighted by molar-refractivity contribution is -0.141. The monoisotopic (exact) mass is 310 g/mol. The van der Waals surface area contributed by atoms with Crippen LogP contribution in [0.1, 0.15) is 46.0 Å². The van der Waals surface area contributed by atoms with Crippen LogP contribution in [0.3, 0.4) is 0 Å². The molecule has 0 aromatic heterocycles. The SMILES string of the molecule is CCC1C(=O)N(C)C2(C)CN=C(Cl)N=C2N1C1CCCC1. The third kappa shape index (κ3) is 2.17. The van der Waals surface area contributed by atoms with Gasteiger partial charge in [0, 0.05) is 13.1 Å². The van der Waals surface area contributed by atoms with Crippen molar-refractivity contribution >= 4 is 28.6 Å². The van der Waals surface area contributed by atoms with E-state index in [0.717, 1.165) is 25.1 Å². The van der Waals surface area contributed by atoms with E-state index in [1.807, 2.05) is 18.9 Å². The molecule has 0 spiro atoms. The van der Waals surface area contributed by atoms with Crippen LogP contribution in [0.2, 0.25) is 0 Å². The summed E-state index contributed by atoms with van der Waals surface area (Å²) in [6.07, 6.45) is 5.53. The maximum absolute atomic E-state index is 12.8. The average Bonchev–Trinajstić information content (AvgIpc) is 2.99. The molecule has 3 rings (SSSR count). The molecule has 1 aliphatic carbocycles. The molecule has 0 radical (unpaired) electrons. The fourth-order valence-corrected chi connectivity index (χ4v) is 3.98. The Morgan fingerprint density at radius 1 is 1.38 bits per heavy atom. The predicted octanol–water partition coefficient (Wildman–Crippen LogP) is 2.25. The van der Waals surface area contributed by atoms with Crippen LogP contribution >= 0.6 is 11.6 Å². The van der Waals surface area contributed by atoms with Crippen LogP contribution in [-0.2, 0) is 4.79 Å². The van der Waals surface area contributed by atoms with Crippen molar-refractivity contribution in [3.05, 3.63) is 0 Å². The van der Waals surface area contributed by atoms with Crippen LogP contribution in [-0.4, -0.2) is 58.1 Å². The zero-order chi connectivity index (χ0) is 15.2. The van der Waals surface area contributed by atoms with Crippen molar-refractivity contribution in [2.24, 2.45) is 9.98 Å². The second-order valence-corrected chi connectivity index (χ2v) is 6.80. The number of aliphatic imine (C=N–C) groups is 2. The molecule has 0 N–H and O–H groups in total. The van der Waals surface area contributed by atoms with Gasteiger partial charge in [0.25, 0.3) is 0 Å². The molecular weight excluding hydrogens is 288 g/mol. The number of fused-ring (bicyclic) bond motifs is 1. The van der Waals surface area contributed by atoms with Gasteiger partial charge in [0.05, 0.1) is 6.54 Å². The number of hydrogen-bond donors (Lipinski definition) is 0. The molecular formula is C15H23ClN4O. The number of piperazine rings is 1. The van der Waals surface area contributed by atoms with Crippen molar-refractivity contribution in [2.45, 2.75) is 63.6 Å². The van der Waals surface area contributed by atoms with Crippen LogP contribution in [0.4, 0.5) is 0 Å². The van der Waals surface area contributed by atoms with E-state index >= 15 is 0 Å². The summed E-state index contributed by atoms with van der Waals surface area (Å²) in [5.41, 5.74) is -0.469. The Morgan fingerprint density at radius 2 is 2.05 bits per heavy atom. The first-order chi connectivity index (χ1) is 9.99. The Hall–Kier alpha value is -1.10. The van der Waals surface area contributed by atoms with Gasteiger partial charge in [-0.3, -0.25) is 9.79 Å². The fourth-order valence-electron chi connectivity index (χ4n) is 3.84. The number of nitrogens with zero attached hydrogens (tertiary/aromatic N) is 4. The van der Waals surface area contributed by atoms with E-state index in [-0.39, 0.29) is 11.9 Å². The highest BCUT2D eigenvalue weighted by Gasteiger charge is 2.52. The lowest BCUT2D eigenvalue weighted by Crippen LogP contribution is -2.72. The summed E-state index contributed by atoms with van der Waals surface area (Å²) in [7, 11) is 1.86. The minimum absolute atomic E-state index is 0.118. The number of amides is 1. The molecule has 2 atom stereocenters. The van der Waals surface area contributed by atoms with Gasteiger partial charge in [-0.1, -0.05) is 19.8 Å². The largest absolute Gasteiger partial charge is 0.343 e. The topological polar surface area (TPSA) is 48.3 Å². The molecule has 1 amide bonds. The molecule has 0 aromatic rings. The number of hydrogen-bond acceptors (Lipinski definition) is 4. The van der Waals surface area contributed by atoms with E-state index in [9.17, 15) is 4.79 Å². The first-order valence-corrected chi connectivity index (χ1v) is 8.22. The fraction of sp³-hybridized carbons (Fsp3) is 0.800. The zero-order valence-electron chi connectivity index (χ0n) is 13.0. The summed E-state index contributed by atoms with van der Waals surface area (Å²) in [4.78, 5) is 25.7. The molecule has 2 heterocycles. The van der Waals surface area contributed by atoms with E-state index < -0.39 is 5.54 Å². The predicted molar refractivity (Wildman–Crippen MR) is 84.9 cm³/mol. The molecule has 2 unspecified atom stereocenters. The molecule has 2 fully saturated rings. The molecule has 0 bridgehead atoms. The molecule has 2 aliphatic heterocycles. The van der Waals surface area contributed by atoms with Gasteiger partial charge in [0.1, 0.15) is 17.4 Å². The molecule has 21 heavy (non-hydrogen) atoms. The van der Waals surface area contributed by atoms with E-state index in [0.29, 0.717) is 17.9 Å². The highest BCUT2D eigenvalue weighted by atomic mass is 35.5. The Balaban J connectivity index is 2.07. The minimum Gasteiger partial charge on any atom is -0.343 e. The Labute approximate surface area is 131 Å². The molecule has 116 valence electrons. The summed E-state index contributed by atoms with van der Waals surface area (Å²) in [6, 6.07) is 0.292. The van der Waals surface area contributed by atoms with E-state index in [4.69, 9.17) is 11.6 Å². The molecule has 6 heteroatoms. The normalized spacial score (nSPS) is 33.9. The lowest BCUT2D eigenvalue weighted by Gasteiger charge is -2.54. The minimum atomic E-state index is -0.469. The third-order valence-corrected chi connectivity index (χ3v) is 5.44. The standard InChI is InChI=1S/C15H23ClN4O/c1-4-11-12(21)19(3)15(2)9-17-14(16)18-13(15)20(11)10-7-5-6-8-10/h10-11H,4-9H2,1-3H3. The smallest absolute Gasteiger partial charge is 0.245 e. The highest BCUT2D eigenvalue weighted by Crippen LogP contribution is 2.36. The van der Waals surface area contributed by atoms with Gasteiger partial charge in [-0.05, 0) is 37.8 Å². The molecule has 0 aromatic carbocycles. The van der Waals surface area contributed by atoms with E-state index in [1.54, 1.807) is 0 Å². The van der Waals surface area contributed by atoms with Gasteiger partial charge >= 0.3 is 0 Å². The van der Waals surface area contributed by atoms with Crippen LogP contribution < -0.4 is 0 Å². The second kappa shape index (κ2) is 5.27. The van der Waals surface area contributed by atoms with Gasteiger partial charge in [-0.25, -0.2) is 4.99 Å². The van der Waals surface area contributed by atoms with Crippen LogP contribution in [0.25, 0.3) is 0 Å². The molecule has 1 saturated carbocycles. The van der Waals surface area contributed by atoms with Gasteiger partial charge in [0.2, 0.25) is 11.2 Å². The number of rotatable bonds is 2. The maximum Gasteiger partial charge on any atom is 0.245 e. The Bertz CT molecular complexity index is 512. The zero-order valence-corrected chi connectivity index (χ0v) is 13.7. The summed E-state index contributed by atoms with van der Waals surface area (Å²) in [5.74, 6) is 1.11. The molecule has 3 aliphatic rings. The average molecular weight is 311 g/mol. The van der Waals surface area contributed by atoms with E-state index in [2.05, 4.69) is 21.8 Å². The number of halogens is 1. The summed E-state index contributed by atoms with van der Waals surface area (Å²) in [5, 5.41) is 0.308. The summed E-state index contributed by atoms with van der Waals surface area (Å²) < 4.78 is 0. The summed E-state index contributed by atoms with van der Waals surface area (Å²) >= 11 is 6.08. The van der Waals surface area contributed by atoms with Crippen LogP contribution in [0.5, 0.6) is 0 Å². The van der Waals surface area contributed by atoms with Gasteiger partial charge in [-0.15, -0.1) is 0 Å². The first-order valence-electron chi connectivity index (χ1n) is 7.84. The van der Waals surface area contributed by atoms with Crippen molar-refractivity contribution in [3.63, 3.8) is 0 Å². The number of likely N-dealkylation sites (N-methyl/N-ethyl adjacent to an activating group) is 1. The van der Waals surface area contributed by atoms with Crippen molar-refractivity contribution in [3.8, 4) is 0 Å². The van der Waals surface area contributed by atoms with Crippen molar-refractivity contribution in [1.29, 1.82) is 0 Å². The number of carbonyl (C=O) groups is 1. The van der Waals surface area contributed by atoms with Crippen LogP contribution in [0, 0.1) is 0 Å². The third-order valence-electron chi connectivity index (χ3n) is 5.24. The number of carbonyl (C=O) groups excluding carboxylic acids is 1. The quantitative estimate of drug-likeness (QED) is 0.734. The lowest BCUT2D eigenvalue weighted by atomic mass is 9.88. The van der Waals surface area contributed by atoms with E-state index in [1.165, 1.54) is 12.8 Å².